The van der Waals surface area contributed by atoms with Crippen LogP contribution in [0.5, 0.6) is 5.88 Å². The third-order valence-electron chi connectivity index (χ3n) is 2.01. The Bertz CT molecular complexity index is 355. The summed E-state index contributed by atoms with van der Waals surface area (Å²) in [6.45, 7) is 2.08. The molecule has 88 valence electrons. The van der Waals surface area contributed by atoms with E-state index in [9.17, 15) is 4.79 Å². The lowest BCUT2D eigenvalue weighted by Crippen LogP contribution is -2.34. The van der Waals surface area contributed by atoms with Gasteiger partial charge in [-0.15, -0.1) is 0 Å². The number of carbonyl (C=O) groups is 1. The van der Waals surface area contributed by atoms with Gasteiger partial charge in [-0.25, -0.2) is 4.98 Å². The van der Waals surface area contributed by atoms with E-state index in [1.54, 1.807) is 25.1 Å². The molecule has 0 aliphatic rings. The van der Waals surface area contributed by atoms with Crippen LogP contribution in [0, 0.1) is 0 Å². The zero-order valence-corrected chi connectivity index (χ0v) is 9.47. The van der Waals surface area contributed by atoms with Crippen LogP contribution in [-0.2, 0) is 16.0 Å². The van der Waals surface area contributed by atoms with Gasteiger partial charge in [-0.3, -0.25) is 4.79 Å². The van der Waals surface area contributed by atoms with E-state index in [2.05, 4.69) is 4.98 Å². The second-order valence-corrected chi connectivity index (χ2v) is 3.23. The van der Waals surface area contributed by atoms with Gasteiger partial charge < -0.3 is 15.2 Å². The third kappa shape index (κ3) is 3.51. The standard InChI is InChI=1S/C11H16N2O3/c1-3-16-11(14)9(12)7-8-5-4-6-10(13-8)15-2/h4-6,9H,3,7,12H2,1-2H3. The molecule has 0 fully saturated rings. The highest BCUT2D eigenvalue weighted by Gasteiger charge is 2.15. The summed E-state index contributed by atoms with van der Waals surface area (Å²) < 4.78 is 9.79. The number of esters is 1. The SMILES string of the molecule is CCOC(=O)C(N)Cc1cccc(OC)n1. The Labute approximate surface area is 94.6 Å². The first-order valence-corrected chi connectivity index (χ1v) is 5.09. The molecule has 0 saturated carbocycles. The number of nitrogens with zero attached hydrogens (tertiary/aromatic N) is 1. The Hall–Kier alpha value is -1.62. The van der Waals surface area contributed by atoms with Gasteiger partial charge in [0.1, 0.15) is 6.04 Å². The van der Waals surface area contributed by atoms with E-state index in [-0.39, 0.29) is 0 Å². The Morgan fingerprint density at radius 2 is 2.31 bits per heavy atom. The Morgan fingerprint density at radius 3 is 2.94 bits per heavy atom. The number of hydrogen-bond acceptors (Lipinski definition) is 5. The van der Waals surface area contributed by atoms with E-state index in [1.165, 1.54) is 7.11 Å². The minimum atomic E-state index is -0.681. The number of aromatic nitrogens is 1. The molecule has 1 unspecified atom stereocenters. The van der Waals surface area contributed by atoms with Crippen molar-refractivity contribution in [3.8, 4) is 5.88 Å². The molecule has 0 bridgehead atoms. The van der Waals surface area contributed by atoms with Gasteiger partial charge in [-0.05, 0) is 13.0 Å². The van der Waals surface area contributed by atoms with E-state index in [1.807, 2.05) is 0 Å². The Kier molecular flexibility index (Phi) is 4.72. The summed E-state index contributed by atoms with van der Waals surface area (Å²) in [6, 6.07) is 4.65. The van der Waals surface area contributed by atoms with Crippen molar-refractivity contribution in [3.63, 3.8) is 0 Å². The van der Waals surface area contributed by atoms with E-state index in [0.29, 0.717) is 24.6 Å². The molecule has 1 atom stereocenters. The van der Waals surface area contributed by atoms with E-state index in [4.69, 9.17) is 15.2 Å². The van der Waals surface area contributed by atoms with Crippen molar-refractivity contribution in [1.29, 1.82) is 0 Å². The lowest BCUT2D eigenvalue weighted by atomic mass is 10.1. The highest BCUT2D eigenvalue weighted by molar-refractivity contribution is 5.75. The molecule has 1 aromatic rings. The summed E-state index contributed by atoms with van der Waals surface area (Å²) >= 11 is 0. The average molecular weight is 224 g/mol. The van der Waals surface area contributed by atoms with Crippen LogP contribution in [0.4, 0.5) is 0 Å². The van der Waals surface area contributed by atoms with Crippen LogP contribution in [0.1, 0.15) is 12.6 Å². The predicted molar refractivity (Wildman–Crippen MR) is 59.1 cm³/mol. The van der Waals surface area contributed by atoms with Gasteiger partial charge in [0.05, 0.1) is 13.7 Å². The molecule has 1 rings (SSSR count). The fourth-order valence-corrected chi connectivity index (χ4v) is 1.24. The Morgan fingerprint density at radius 1 is 1.56 bits per heavy atom. The molecule has 0 radical (unpaired) electrons. The van der Waals surface area contributed by atoms with Crippen molar-refractivity contribution in [3.05, 3.63) is 23.9 Å². The van der Waals surface area contributed by atoms with Crippen molar-refractivity contribution < 1.29 is 14.3 Å². The van der Waals surface area contributed by atoms with Crippen molar-refractivity contribution in [2.24, 2.45) is 5.73 Å². The van der Waals surface area contributed by atoms with Crippen LogP contribution in [0.15, 0.2) is 18.2 Å². The van der Waals surface area contributed by atoms with E-state index >= 15 is 0 Å². The quantitative estimate of drug-likeness (QED) is 0.738. The summed E-state index contributed by atoms with van der Waals surface area (Å²) in [7, 11) is 1.54. The normalized spacial score (nSPS) is 11.9. The molecular weight excluding hydrogens is 208 g/mol. The summed E-state index contributed by atoms with van der Waals surface area (Å²) in [5.41, 5.74) is 6.38. The van der Waals surface area contributed by atoms with Gasteiger partial charge in [-0.2, -0.15) is 0 Å². The van der Waals surface area contributed by atoms with Gasteiger partial charge in [-0.1, -0.05) is 6.07 Å². The summed E-state index contributed by atoms with van der Waals surface area (Å²) in [5.74, 6) is 0.0979. The lowest BCUT2D eigenvalue weighted by Gasteiger charge is -2.10. The molecule has 0 aliphatic carbocycles. The monoisotopic (exact) mass is 224 g/mol. The molecule has 5 heteroatoms. The zero-order valence-electron chi connectivity index (χ0n) is 9.47. The molecule has 5 nitrogen and oxygen atoms in total. The highest BCUT2D eigenvalue weighted by atomic mass is 16.5. The maximum Gasteiger partial charge on any atom is 0.323 e. The topological polar surface area (TPSA) is 74.4 Å². The fourth-order valence-electron chi connectivity index (χ4n) is 1.24. The van der Waals surface area contributed by atoms with Gasteiger partial charge in [0, 0.05) is 18.2 Å². The van der Waals surface area contributed by atoms with E-state index in [0.717, 1.165) is 0 Å². The zero-order chi connectivity index (χ0) is 12.0. The van der Waals surface area contributed by atoms with E-state index < -0.39 is 12.0 Å². The molecule has 0 aliphatic heterocycles. The Balaban J connectivity index is 2.61. The maximum absolute atomic E-state index is 11.3. The van der Waals surface area contributed by atoms with Crippen molar-refractivity contribution in [1.82, 2.24) is 4.98 Å². The first-order chi connectivity index (χ1) is 7.67. The number of hydrogen-bond donors (Lipinski definition) is 1. The van der Waals surface area contributed by atoms with Gasteiger partial charge in [0.15, 0.2) is 0 Å². The molecule has 0 aromatic carbocycles. The van der Waals surface area contributed by atoms with Crippen molar-refractivity contribution >= 4 is 5.97 Å². The van der Waals surface area contributed by atoms with Crippen molar-refractivity contribution in [2.75, 3.05) is 13.7 Å². The largest absolute Gasteiger partial charge is 0.481 e. The molecule has 0 amide bonds. The molecule has 0 saturated heterocycles. The van der Waals surface area contributed by atoms with Crippen LogP contribution < -0.4 is 10.5 Å². The molecule has 1 aromatic heterocycles. The average Bonchev–Trinajstić information content (AvgIpc) is 2.29. The van der Waals surface area contributed by atoms with Gasteiger partial charge in [0.2, 0.25) is 5.88 Å². The summed E-state index contributed by atoms with van der Waals surface area (Å²) in [6.07, 6.45) is 0.343. The lowest BCUT2D eigenvalue weighted by molar-refractivity contribution is -0.144. The predicted octanol–water partition coefficient (Wildman–Crippen LogP) is 0.523. The van der Waals surface area contributed by atoms with Gasteiger partial charge in [0.25, 0.3) is 0 Å². The number of nitrogens with two attached hydrogens (primary N) is 1. The number of pyridine rings is 1. The minimum absolute atomic E-state index is 0.331. The summed E-state index contributed by atoms with van der Waals surface area (Å²) in [5, 5.41) is 0. The number of carbonyl (C=O) groups excluding carboxylic acids is 1. The molecule has 1 heterocycles. The number of ether oxygens (including phenoxy) is 2. The first kappa shape index (κ1) is 12.4. The minimum Gasteiger partial charge on any atom is -0.481 e. The first-order valence-electron chi connectivity index (χ1n) is 5.09. The third-order valence-corrected chi connectivity index (χ3v) is 2.01. The molecule has 2 N–H and O–H groups in total. The second-order valence-electron chi connectivity index (χ2n) is 3.23. The smallest absolute Gasteiger partial charge is 0.323 e. The number of rotatable bonds is 5. The maximum atomic E-state index is 11.3. The van der Waals surface area contributed by atoms with Crippen molar-refractivity contribution in [2.45, 2.75) is 19.4 Å². The molecule has 0 spiro atoms. The van der Waals surface area contributed by atoms with Crippen LogP contribution >= 0.6 is 0 Å². The molecular formula is C11H16N2O3. The van der Waals surface area contributed by atoms with Crippen LogP contribution in [-0.4, -0.2) is 30.7 Å². The van der Waals surface area contributed by atoms with Gasteiger partial charge >= 0.3 is 5.97 Å². The fraction of sp³-hybridized carbons (Fsp3) is 0.455. The number of methoxy groups -OCH3 is 1. The highest BCUT2D eigenvalue weighted by Crippen LogP contribution is 2.08. The molecule has 16 heavy (non-hydrogen) atoms. The van der Waals surface area contributed by atoms with Crippen LogP contribution in [0.3, 0.4) is 0 Å². The van der Waals surface area contributed by atoms with Crippen LogP contribution in [0.25, 0.3) is 0 Å². The second kappa shape index (κ2) is 6.07. The summed E-state index contributed by atoms with van der Waals surface area (Å²) in [4.78, 5) is 15.5. The van der Waals surface area contributed by atoms with Crippen LogP contribution in [0.2, 0.25) is 0 Å².